The first-order valence-corrected chi connectivity index (χ1v) is 10.7. The molecule has 140 valence electrons. The van der Waals surface area contributed by atoms with Gasteiger partial charge in [0.05, 0.1) is 11.9 Å². The van der Waals surface area contributed by atoms with Crippen molar-refractivity contribution in [2.45, 2.75) is 32.2 Å². The molecule has 5 rings (SSSR count). The van der Waals surface area contributed by atoms with Crippen molar-refractivity contribution in [3.05, 3.63) is 86.0 Å². The van der Waals surface area contributed by atoms with Crippen molar-refractivity contribution in [2.75, 3.05) is 0 Å². The van der Waals surface area contributed by atoms with Gasteiger partial charge in [0, 0.05) is 15.5 Å². The van der Waals surface area contributed by atoms with Crippen LogP contribution in [0, 0.1) is 0 Å². The zero-order valence-corrected chi connectivity index (χ0v) is 16.9. The molecule has 0 amide bonds. The fraction of sp³-hybridized carbons (Fsp3) is 0.217. The first kappa shape index (κ1) is 17.7. The molecule has 4 aromatic rings. The molecule has 2 aromatic heterocycles. The molecule has 28 heavy (non-hydrogen) atoms. The van der Waals surface area contributed by atoms with Crippen molar-refractivity contribution >= 4 is 33.2 Å². The zero-order chi connectivity index (χ0) is 19.1. The molecule has 0 saturated heterocycles. The number of aryl methyl sites for hydroxylation is 2. The number of hydrogen-bond acceptors (Lipinski definition) is 3. The fourth-order valence-electron chi connectivity index (χ4n) is 3.97. The van der Waals surface area contributed by atoms with Crippen LogP contribution in [0.1, 0.15) is 28.8 Å². The van der Waals surface area contributed by atoms with Crippen LogP contribution in [-0.4, -0.2) is 9.55 Å². The topological polar surface area (TPSA) is 34.9 Å². The molecule has 0 bridgehead atoms. The molecule has 0 atom stereocenters. The molecular formula is C23H19ClN2OS. The van der Waals surface area contributed by atoms with Crippen molar-refractivity contribution in [3.63, 3.8) is 0 Å². The molecule has 0 N–H and O–H groups in total. The van der Waals surface area contributed by atoms with E-state index in [1.54, 1.807) is 11.3 Å². The van der Waals surface area contributed by atoms with Crippen LogP contribution in [0.5, 0.6) is 0 Å². The van der Waals surface area contributed by atoms with Gasteiger partial charge in [-0.25, -0.2) is 4.98 Å². The van der Waals surface area contributed by atoms with Crippen molar-refractivity contribution in [1.82, 2.24) is 9.55 Å². The Hall–Kier alpha value is -2.43. The molecule has 1 aliphatic carbocycles. The molecular weight excluding hydrogens is 388 g/mol. The van der Waals surface area contributed by atoms with Gasteiger partial charge in [0.25, 0.3) is 5.56 Å². The monoisotopic (exact) mass is 406 g/mol. The highest BCUT2D eigenvalue weighted by molar-refractivity contribution is 7.18. The molecule has 0 unspecified atom stereocenters. The number of thiophene rings is 1. The summed E-state index contributed by atoms with van der Waals surface area (Å²) in [7, 11) is 0. The minimum Gasteiger partial charge on any atom is -0.288 e. The Labute approximate surface area is 172 Å². The van der Waals surface area contributed by atoms with Crippen molar-refractivity contribution < 1.29 is 0 Å². The molecule has 0 spiro atoms. The lowest BCUT2D eigenvalue weighted by molar-refractivity contribution is 0.698. The number of benzene rings is 2. The van der Waals surface area contributed by atoms with Crippen molar-refractivity contribution in [3.8, 4) is 11.4 Å². The van der Waals surface area contributed by atoms with E-state index in [0.29, 0.717) is 17.4 Å². The van der Waals surface area contributed by atoms with Gasteiger partial charge in [-0.15, -0.1) is 11.3 Å². The first-order chi connectivity index (χ1) is 13.7. The lowest BCUT2D eigenvalue weighted by atomic mass is 9.97. The van der Waals surface area contributed by atoms with Crippen LogP contribution in [0.15, 0.2) is 59.4 Å². The Kier molecular flexibility index (Phi) is 4.53. The quantitative estimate of drug-likeness (QED) is 0.437. The van der Waals surface area contributed by atoms with Crippen LogP contribution >= 0.6 is 22.9 Å². The zero-order valence-electron chi connectivity index (χ0n) is 15.3. The molecule has 5 heteroatoms. The van der Waals surface area contributed by atoms with Crippen LogP contribution in [0.25, 0.3) is 21.6 Å². The van der Waals surface area contributed by atoms with Crippen molar-refractivity contribution in [2.24, 2.45) is 0 Å². The second-order valence-corrected chi connectivity index (χ2v) is 8.73. The largest absolute Gasteiger partial charge is 0.288 e. The summed E-state index contributed by atoms with van der Waals surface area (Å²) in [5, 5.41) is 1.50. The van der Waals surface area contributed by atoms with Gasteiger partial charge >= 0.3 is 0 Å². The summed E-state index contributed by atoms with van der Waals surface area (Å²) in [5.74, 6) is 0.705. The highest BCUT2D eigenvalue weighted by Gasteiger charge is 2.22. The van der Waals surface area contributed by atoms with Crippen molar-refractivity contribution in [1.29, 1.82) is 0 Å². The molecule has 0 radical (unpaired) electrons. The number of fused-ring (bicyclic) bond motifs is 3. The summed E-state index contributed by atoms with van der Waals surface area (Å²) in [5.41, 5.74) is 3.29. The summed E-state index contributed by atoms with van der Waals surface area (Å²) in [6.45, 7) is 0.505. The maximum absolute atomic E-state index is 13.6. The molecule has 0 aliphatic heterocycles. The molecule has 2 heterocycles. The molecule has 3 nitrogen and oxygen atoms in total. The maximum Gasteiger partial charge on any atom is 0.263 e. The predicted octanol–water partition coefficient (Wildman–Crippen LogP) is 5.71. The number of hydrogen-bond donors (Lipinski definition) is 0. The highest BCUT2D eigenvalue weighted by Crippen LogP contribution is 2.35. The standard InChI is InChI=1S/C23H19ClN2OS/c24-17-12-10-16(11-13-17)21-25-22-20(18-8-4-5-9-19(18)28-22)23(27)26(21)14-15-6-2-1-3-7-15/h1-3,6-7,10-13H,4-5,8-9,14H2. The highest BCUT2D eigenvalue weighted by atomic mass is 35.5. The summed E-state index contributed by atoms with van der Waals surface area (Å²) >= 11 is 7.77. The third kappa shape index (κ3) is 3.07. The third-order valence-corrected chi connectivity index (χ3v) is 6.80. The van der Waals surface area contributed by atoms with Crippen LogP contribution in [0.4, 0.5) is 0 Å². The summed E-state index contributed by atoms with van der Waals surface area (Å²) in [4.78, 5) is 20.8. The lowest BCUT2D eigenvalue weighted by Crippen LogP contribution is -2.24. The van der Waals surface area contributed by atoms with Gasteiger partial charge in [0.15, 0.2) is 0 Å². The van der Waals surface area contributed by atoms with E-state index in [1.165, 1.54) is 16.9 Å². The first-order valence-electron chi connectivity index (χ1n) is 9.55. The van der Waals surface area contributed by atoms with E-state index in [4.69, 9.17) is 16.6 Å². The van der Waals surface area contributed by atoms with E-state index in [9.17, 15) is 4.79 Å². The van der Waals surface area contributed by atoms with E-state index in [2.05, 4.69) is 0 Å². The smallest absolute Gasteiger partial charge is 0.263 e. The Morgan fingerprint density at radius 1 is 1.00 bits per heavy atom. The van der Waals surface area contributed by atoms with Crippen LogP contribution in [0.2, 0.25) is 5.02 Å². The van der Waals surface area contributed by atoms with E-state index in [0.717, 1.165) is 40.6 Å². The Bertz CT molecular complexity index is 1210. The number of nitrogens with zero attached hydrogens (tertiary/aromatic N) is 2. The van der Waals surface area contributed by atoms with E-state index in [1.807, 2.05) is 59.2 Å². The van der Waals surface area contributed by atoms with Gasteiger partial charge in [-0.2, -0.15) is 0 Å². The van der Waals surface area contributed by atoms with Gasteiger partial charge in [-0.3, -0.25) is 9.36 Å². The fourth-order valence-corrected chi connectivity index (χ4v) is 5.35. The van der Waals surface area contributed by atoms with Gasteiger partial charge in [-0.05, 0) is 61.1 Å². The summed E-state index contributed by atoms with van der Waals surface area (Å²) in [6, 6.07) is 17.6. The SMILES string of the molecule is O=c1c2c3c(sc2nc(-c2ccc(Cl)cc2)n1Cc1ccccc1)CCCC3. The molecule has 0 fully saturated rings. The molecule has 1 aliphatic rings. The Morgan fingerprint density at radius 3 is 2.54 bits per heavy atom. The molecule has 2 aromatic carbocycles. The number of aromatic nitrogens is 2. The maximum atomic E-state index is 13.6. The van der Waals surface area contributed by atoms with E-state index < -0.39 is 0 Å². The normalized spacial score (nSPS) is 13.6. The average Bonchev–Trinajstić information content (AvgIpc) is 3.10. The predicted molar refractivity (Wildman–Crippen MR) is 117 cm³/mol. The Morgan fingerprint density at radius 2 is 1.75 bits per heavy atom. The number of halogens is 1. The van der Waals surface area contributed by atoms with Crippen LogP contribution in [-0.2, 0) is 19.4 Å². The number of rotatable bonds is 3. The van der Waals surface area contributed by atoms with Gasteiger partial charge in [0.2, 0.25) is 0 Å². The summed E-state index contributed by atoms with van der Waals surface area (Å²) < 4.78 is 1.82. The second kappa shape index (κ2) is 7.19. The van der Waals surface area contributed by atoms with Crippen LogP contribution in [0.3, 0.4) is 0 Å². The second-order valence-electron chi connectivity index (χ2n) is 7.21. The van der Waals surface area contributed by atoms with Gasteiger partial charge in [0.1, 0.15) is 10.7 Å². The van der Waals surface area contributed by atoms with Gasteiger partial charge < -0.3 is 0 Å². The summed E-state index contributed by atoms with van der Waals surface area (Å²) in [6.07, 6.45) is 4.39. The Balaban J connectivity index is 1.77. The molecule has 0 saturated carbocycles. The minimum atomic E-state index is 0.0678. The van der Waals surface area contributed by atoms with Crippen LogP contribution < -0.4 is 5.56 Å². The minimum absolute atomic E-state index is 0.0678. The van der Waals surface area contributed by atoms with E-state index >= 15 is 0 Å². The van der Waals surface area contributed by atoms with Gasteiger partial charge in [-0.1, -0.05) is 41.9 Å². The average molecular weight is 407 g/mol. The lowest BCUT2D eigenvalue weighted by Gasteiger charge is -2.14. The third-order valence-electron chi connectivity index (χ3n) is 5.36. The van der Waals surface area contributed by atoms with E-state index in [-0.39, 0.29) is 5.56 Å².